The Hall–Kier alpha value is -1.25. The van der Waals surface area contributed by atoms with Crippen LogP contribution in [0.3, 0.4) is 0 Å². The van der Waals surface area contributed by atoms with E-state index in [2.05, 4.69) is 10.3 Å². The highest BCUT2D eigenvalue weighted by Gasteiger charge is 2.03. The molecule has 0 atom stereocenters. The Morgan fingerprint density at radius 3 is 2.91 bits per heavy atom. The van der Waals surface area contributed by atoms with Gasteiger partial charge in [-0.1, -0.05) is 0 Å². The number of aromatic amines is 1. The molecule has 0 aliphatic carbocycles. The van der Waals surface area contributed by atoms with Crippen molar-refractivity contribution in [3.05, 3.63) is 23.5 Å². The molecule has 0 aliphatic rings. The molecule has 0 aliphatic heterocycles. The third kappa shape index (κ3) is 1.83. The van der Waals surface area contributed by atoms with Crippen LogP contribution in [0.2, 0.25) is 0 Å². The summed E-state index contributed by atoms with van der Waals surface area (Å²) < 4.78 is 0. The summed E-state index contributed by atoms with van der Waals surface area (Å²) >= 11 is 0. The van der Waals surface area contributed by atoms with E-state index in [1.807, 2.05) is 26.1 Å². The van der Waals surface area contributed by atoms with Crippen LogP contribution in [0.25, 0.3) is 0 Å². The molecule has 3 heteroatoms. The molecule has 0 spiro atoms. The number of carbonyl (C=O) groups is 1. The van der Waals surface area contributed by atoms with Gasteiger partial charge in [0.15, 0.2) is 0 Å². The first-order chi connectivity index (χ1) is 5.24. The maximum atomic E-state index is 11.1. The zero-order valence-electron chi connectivity index (χ0n) is 6.77. The Labute approximate surface area is 65.8 Å². The molecule has 11 heavy (non-hydrogen) atoms. The van der Waals surface area contributed by atoms with Crippen LogP contribution in [-0.4, -0.2) is 17.4 Å². The van der Waals surface area contributed by atoms with Crippen molar-refractivity contribution in [1.82, 2.24) is 10.3 Å². The molecule has 0 radical (unpaired) electrons. The Morgan fingerprint density at radius 2 is 2.45 bits per heavy atom. The first kappa shape index (κ1) is 7.85. The van der Waals surface area contributed by atoms with Crippen LogP contribution in [0.5, 0.6) is 0 Å². The molecule has 0 saturated heterocycles. The van der Waals surface area contributed by atoms with Crippen LogP contribution in [0, 0.1) is 6.92 Å². The first-order valence-corrected chi connectivity index (χ1v) is 3.67. The van der Waals surface area contributed by atoms with Gasteiger partial charge in [0.2, 0.25) is 0 Å². The summed E-state index contributed by atoms with van der Waals surface area (Å²) in [6, 6.07) is 1.82. The highest BCUT2D eigenvalue weighted by molar-refractivity contribution is 5.92. The number of nitrogens with one attached hydrogen (secondary N) is 2. The minimum absolute atomic E-state index is 0.0411. The van der Waals surface area contributed by atoms with E-state index >= 15 is 0 Å². The molecular formula is C8H12N2O. The van der Waals surface area contributed by atoms with Gasteiger partial charge in [0.1, 0.15) is 5.69 Å². The van der Waals surface area contributed by atoms with E-state index in [0.717, 1.165) is 5.56 Å². The van der Waals surface area contributed by atoms with Gasteiger partial charge in [-0.3, -0.25) is 4.79 Å². The SMILES string of the molecule is CCNC(=O)c1cc(C)c[nH]1. The van der Waals surface area contributed by atoms with Crippen LogP contribution in [0.1, 0.15) is 23.0 Å². The monoisotopic (exact) mass is 152 g/mol. The van der Waals surface area contributed by atoms with Gasteiger partial charge >= 0.3 is 0 Å². The number of amides is 1. The second-order valence-corrected chi connectivity index (χ2v) is 2.45. The van der Waals surface area contributed by atoms with Crippen LogP contribution in [-0.2, 0) is 0 Å². The van der Waals surface area contributed by atoms with Crippen molar-refractivity contribution < 1.29 is 4.79 Å². The summed E-state index contributed by atoms with van der Waals surface area (Å²) in [5.74, 6) is -0.0411. The summed E-state index contributed by atoms with van der Waals surface area (Å²) in [7, 11) is 0. The van der Waals surface area contributed by atoms with Gasteiger partial charge in [0, 0.05) is 12.7 Å². The Morgan fingerprint density at radius 1 is 1.73 bits per heavy atom. The number of carbonyl (C=O) groups excluding carboxylic acids is 1. The van der Waals surface area contributed by atoms with Crippen molar-refractivity contribution >= 4 is 5.91 Å². The van der Waals surface area contributed by atoms with Crippen LogP contribution < -0.4 is 5.32 Å². The van der Waals surface area contributed by atoms with Gasteiger partial charge in [-0.2, -0.15) is 0 Å². The fourth-order valence-electron chi connectivity index (χ4n) is 0.889. The molecule has 1 aromatic rings. The lowest BCUT2D eigenvalue weighted by Gasteiger charge is -1.96. The molecule has 1 heterocycles. The molecule has 3 nitrogen and oxygen atoms in total. The molecule has 2 N–H and O–H groups in total. The molecule has 0 unspecified atom stereocenters. The van der Waals surface area contributed by atoms with E-state index in [9.17, 15) is 4.79 Å². The van der Waals surface area contributed by atoms with Gasteiger partial charge in [0.05, 0.1) is 0 Å². The standard InChI is InChI=1S/C8H12N2O/c1-3-9-8(11)7-4-6(2)5-10-7/h4-5,10H,3H2,1-2H3,(H,9,11). The highest BCUT2D eigenvalue weighted by Crippen LogP contribution is 2.00. The van der Waals surface area contributed by atoms with Crippen molar-refractivity contribution in [2.75, 3.05) is 6.54 Å². The highest BCUT2D eigenvalue weighted by atomic mass is 16.1. The lowest BCUT2D eigenvalue weighted by atomic mass is 10.3. The maximum absolute atomic E-state index is 11.1. The predicted octanol–water partition coefficient (Wildman–Crippen LogP) is 1.07. The number of aryl methyl sites for hydroxylation is 1. The maximum Gasteiger partial charge on any atom is 0.267 e. The molecule has 1 rings (SSSR count). The smallest absolute Gasteiger partial charge is 0.267 e. The number of hydrogen-bond acceptors (Lipinski definition) is 1. The predicted molar refractivity (Wildman–Crippen MR) is 43.5 cm³/mol. The largest absolute Gasteiger partial charge is 0.357 e. The first-order valence-electron chi connectivity index (χ1n) is 3.67. The summed E-state index contributed by atoms with van der Waals surface area (Å²) in [5, 5.41) is 2.70. The molecule has 0 saturated carbocycles. The number of rotatable bonds is 2. The fourth-order valence-corrected chi connectivity index (χ4v) is 0.889. The van der Waals surface area contributed by atoms with Gasteiger partial charge in [-0.15, -0.1) is 0 Å². The second-order valence-electron chi connectivity index (χ2n) is 2.45. The van der Waals surface area contributed by atoms with Crippen molar-refractivity contribution in [2.45, 2.75) is 13.8 Å². The van der Waals surface area contributed by atoms with Crippen LogP contribution in [0.15, 0.2) is 12.3 Å². The van der Waals surface area contributed by atoms with Crippen molar-refractivity contribution in [3.63, 3.8) is 0 Å². The number of hydrogen-bond donors (Lipinski definition) is 2. The lowest BCUT2D eigenvalue weighted by molar-refractivity contribution is 0.0951. The molecule has 60 valence electrons. The summed E-state index contributed by atoms with van der Waals surface area (Å²) in [6.07, 6.45) is 1.81. The minimum atomic E-state index is -0.0411. The minimum Gasteiger partial charge on any atom is -0.357 e. The average Bonchev–Trinajstić information content (AvgIpc) is 2.36. The van der Waals surface area contributed by atoms with E-state index in [1.165, 1.54) is 0 Å². The lowest BCUT2D eigenvalue weighted by Crippen LogP contribution is -2.22. The average molecular weight is 152 g/mol. The number of H-pyrrole nitrogens is 1. The zero-order valence-corrected chi connectivity index (χ0v) is 6.77. The second kappa shape index (κ2) is 3.23. The van der Waals surface area contributed by atoms with E-state index in [0.29, 0.717) is 12.2 Å². The summed E-state index contributed by atoms with van der Waals surface area (Å²) in [5.41, 5.74) is 1.70. The molecule has 0 bridgehead atoms. The number of aromatic nitrogens is 1. The summed E-state index contributed by atoms with van der Waals surface area (Å²) in [4.78, 5) is 14.0. The van der Waals surface area contributed by atoms with Crippen molar-refractivity contribution in [2.24, 2.45) is 0 Å². The van der Waals surface area contributed by atoms with Crippen molar-refractivity contribution in [1.29, 1.82) is 0 Å². The molecule has 1 aromatic heterocycles. The van der Waals surface area contributed by atoms with E-state index in [-0.39, 0.29) is 5.91 Å². The van der Waals surface area contributed by atoms with Gasteiger partial charge in [-0.25, -0.2) is 0 Å². The molecular weight excluding hydrogens is 140 g/mol. The van der Waals surface area contributed by atoms with Crippen LogP contribution >= 0.6 is 0 Å². The fraction of sp³-hybridized carbons (Fsp3) is 0.375. The van der Waals surface area contributed by atoms with Gasteiger partial charge in [-0.05, 0) is 25.5 Å². The van der Waals surface area contributed by atoms with E-state index in [1.54, 1.807) is 0 Å². The Bertz CT molecular complexity index is 252. The van der Waals surface area contributed by atoms with Crippen LogP contribution in [0.4, 0.5) is 0 Å². The topological polar surface area (TPSA) is 44.9 Å². The van der Waals surface area contributed by atoms with E-state index < -0.39 is 0 Å². The van der Waals surface area contributed by atoms with Gasteiger partial charge in [0.25, 0.3) is 5.91 Å². The Kier molecular flexibility index (Phi) is 2.31. The van der Waals surface area contributed by atoms with Gasteiger partial charge < -0.3 is 10.3 Å². The quantitative estimate of drug-likeness (QED) is 0.654. The third-order valence-corrected chi connectivity index (χ3v) is 1.41. The molecule has 0 aromatic carbocycles. The summed E-state index contributed by atoms with van der Waals surface area (Å²) in [6.45, 7) is 4.50. The Balaban J connectivity index is 2.69. The third-order valence-electron chi connectivity index (χ3n) is 1.41. The van der Waals surface area contributed by atoms with E-state index in [4.69, 9.17) is 0 Å². The zero-order chi connectivity index (χ0) is 8.27. The normalized spacial score (nSPS) is 9.64. The van der Waals surface area contributed by atoms with Crippen molar-refractivity contribution in [3.8, 4) is 0 Å². The molecule has 0 fully saturated rings. The molecule has 1 amide bonds.